The average molecular weight is 245 g/mol. The fraction of sp³-hybridized carbons (Fsp3) is 0.222. The highest BCUT2D eigenvalue weighted by molar-refractivity contribution is 7.88. The Kier molecular flexibility index (Phi) is 3.86. The van der Waals surface area contributed by atoms with E-state index in [0.717, 1.165) is 6.26 Å². The summed E-state index contributed by atoms with van der Waals surface area (Å²) in [4.78, 5) is 11.1. The van der Waals surface area contributed by atoms with Crippen LogP contribution in [0.25, 0.3) is 0 Å². The number of phenolic OH excluding ortho intramolecular Hbond substituents is 1. The Hall–Kier alpha value is -1.60. The third kappa shape index (κ3) is 4.76. The minimum Gasteiger partial charge on any atom is -0.508 e. The van der Waals surface area contributed by atoms with Crippen molar-refractivity contribution in [3.63, 3.8) is 0 Å². The van der Waals surface area contributed by atoms with E-state index in [2.05, 4.69) is 0 Å². The molecule has 0 bridgehead atoms. The third-order valence-electron chi connectivity index (χ3n) is 1.55. The van der Waals surface area contributed by atoms with Crippen LogP contribution in [0.4, 0.5) is 0 Å². The van der Waals surface area contributed by atoms with Gasteiger partial charge in [0.25, 0.3) is 0 Å². The van der Waals surface area contributed by atoms with Gasteiger partial charge in [0.05, 0.1) is 6.26 Å². The Morgan fingerprint density at radius 2 is 1.94 bits per heavy atom. The summed E-state index contributed by atoms with van der Waals surface area (Å²) in [5.74, 6) is -0.441. The Morgan fingerprint density at radius 3 is 2.44 bits per heavy atom. The van der Waals surface area contributed by atoms with Gasteiger partial charge < -0.3 is 9.84 Å². The molecule has 88 valence electrons. The standard InChI is InChI=1S/C9H11NO5S/c1-16(13,14)10-6-9(12)15-8-4-2-7(11)3-5-8/h2-5,10-11H,6H2,1H3. The topological polar surface area (TPSA) is 92.7 Å². The lowest BCUT2D eigenvalue weighted by Gasteiger charge is -2.04. The fourth-order valence-electron chi connectivity index (χ4n) is 0.872. The smallest absolute Gasteiger partial charge is 0.326 e. The zero-order valence-corrected chi connectivity index (χ0v) is 9.32. The van der Waals surface area contributed by atoms with Gasteiger partial charge in [-0.25, -0.2) is 13.1 Å². The predicted molar refractivity (Wildman–Crippen MR) is 56.6 cm³/mol. The van der Waals surface area contributed by atoms with E-state index < -0.39 is 22.5 Å². The highest BCUT2D eigenvalue weighted by Gasteiger charge is 2.08. The number of aromatic hydroxyl groups is 1. The molecule has 1 aromatic rings. The highest BCUT2D eigenvalue weighted by Crippen LogP contribution is 2.15. The Labute approximate surface area is 92.9 Å². The number of hydrogen-bond donors (Lipinski definition) is 2. The number of hydrogen-bond acceptors (Lipinski definition) is 5. The van der Waals surface area contributed by atoms with Gasteiger partial charge in [0.2, 0.25) is 10.0 Å². The number of sulfonamides is 1. The first-order valence-electron chi connectivity index (χ1n) is 4.31. The molecular formula is C9H11NO5S. The number of phenols is 1. The minimum atomic E-state index is -3.41. The minimum absolute atomic E-state index is 0.0501. The van der Waals surface area contributed by atoms with Gasteiger partial charge >= 0.3 is 5.97 Å². The van der Waals surface area contributed by atoms with E-state index in [1.165, 1.54) is 24.3 Å². The molecule has 0 radical (unpaired) electrons. The fourth-order valence-corrected chi connectivity index (χ4v) is 1.25. The van der Waals surface area contributed by atoms with Crippen LogP contribution in [-0.2, 0) is 14.8 Å². The molecular weight excluding hydrogens is 234 g/mol. The van der Waals surface area contributed by atoms with Gasteiger partial charge in [-0.05, 0) is 24.3 Å². The van der Waals surface area contributed by atoms with Crippen molar-refractivity contribution in [1.29, 1.82) is 0 Å². The average Bonchev–Trinajstić information content (AvgIpc) is 2.18. The first kappa shape index (κ1) is 12.5. The van der Waals surface area contributed by atoms with E-state index in [1.807, 2.05) is 4.72 Å². The van der Waals surface area contributed by atoms with Crippen molar-refractivity contribution in [1.82, 2.24) is 4.72 Å². The van der Waals surface area contributed by atoms with E-state index >= 15 is 0 Å². The summed E-state index contributed by atoms with van der Waals surface area (Å²) in [5.41, 5.74) is 0. The summed E-state index contributed by atoms with van der Waals surface area (Å²) in [7, 11) is -3.41. The van der Waals surface area contributed by atoms with Crippen LogP contribution in [0.2, 0.25) is 0 Å². The maximum atomic E-state index is 11.1. The molecule has 6 nitrogen and oxygen atoms in total. The molecule has 0 aromatic heterocycles. The van der Waals surface area contributed by atoms with Crippen LogP contribution in [0.3, 0.4) is 0 Å². The quantitative estimate of drug-likeness (QED) is 0.568. The van der Waals surface area contributed by atoms with E-state index in [1.54, 1.807) is 0 Å². The van der Waals surface area contributed by atoms with Crippen LogP contribution in [0.15, 0.2) is 24.3 Å². The molecule has 0 unspecified atom stereocenters. The molecule has 2 N–H and O–H groups in total. The van der Waals surface area contributed by atoms with E-state index in [9.17, 15) is 13.2 Å². The number of ether oxygens (including phenoxy) is 1. The first-order valence-corrected chi connectivity index (χ1v) is 6.20. The molecule has 0 heterocycles. The van der Waals surface area contributed by atoms with Gasteiger partial charge in [-0.15, -0.1) is 0 Å². The molecule has 7 heteroatoms. The molecule has 1 aromatic carbocycles. The molecule has 0 aliphatic heterocycles. The summed E-state index contributed by atoms with van der Waals surface area (Å²) in [6, 6.07) is 5.50. The molecule has 0 spiro atoms. The highest BCUT2D eigenvalue weighted by atomic mass is 32.2. The Morgan fingerprint density at radius 1 is 1.38 bits per heavy atom. The number of rotatable bonds is 4. The Bertz CT molecular complexity index is 465. The summed E-state index contributed by atoms with van der Waals surface area (Å²) in [6.07, 6.45) is 0.945. The van der Waals surface area contributed by atoms with Crippen LogP contribution in [-0.4, -0.2) is 32.3 Å². The van der Waals surface area contributed by atoms with Gasteiger partial charge in [0.15, 0.2) is 0 Å². The zero-order valence-electron chi connectivity index (χ0n) is 8.50. The Balaban J connectivity index is 2.49. The lowest BCUT2D eigenvalue weighted by atomic mass is 10.3. The van der Waals surface area contributed by atoms with E-state index in [-0.39, 0.29) is 11.5 Å². The van der Waals surface area contributed by atoms with Crippen LogP contribution in [0.5, 0.6) is 11.5 Å². The molecule has 1 rings (SSSR count). The summed E-state index contributed by atoms with van der Waals surface area (Å²) in [6.45, 7) is -0.431. The molecule has 0 saturated carbocycles. The molecule has 0 aliphatic rings. The molecule has 0 fully saturated rings. The van der Waals surface area contributed by atoms with Gasteiger partial charge in [-0.1, -0.05) is 0 Å². The maximum absolute atomic E-state index is 11.1. The van der Waals surface area contributed by atoms with Crippen LogP contribution in [0.1, 0.15) is 0 Å². The van der Waals surface area contributed by atoms with Crippen molar-refractivity contribution in [2.24, 2.45) is 0 Å². The molecule has 0 amide bonds. The number of esters is 1. The van der Waals surface area contributed by atoms with Crippen molar-refractivity contribution in [2.45, 2.75) is 0 Å². The summed E-state index contributed by atoms with van der Waals surface area (Å²) >= 11 is 0. The SMILES string of the molecule is CS(=O)(=O)NCC(=O)Oc1ccc(O)cc1. The second kappa shape index (κ2) is 4.95. The second-order valence-electron chi connectivity index (χ2n) is 3.06. The zero-order chi connectivity index (χ0) is 12.2. The first-order chi connectivity index (χ1) is 7.37. The van der Waals surface area contributed by atoms with Crippen molar-refractivity contribution in [3.05, 3.63) is 24.3 Å². The molecule has 16 heavy (non-hydrogen) atoms. The number of carbonyl (C=O) groups excluding carboxylic acids is 1. The molecule has 0 saturated heterocycles. The van der Waals surface area contributed by atoms with Crippen molar-refractivity contribution < 1.29 is 23.1 Å². The normalized spacial score (nSPS) is 11.1. The van der Waals surface area contributed by atoms with Crippen molar-refractivity contribution >= 4 is 16.0 Å². The van der Waals surface area contributed by atoms with Gasteiger partial charge in [0.1, 0.15) is 18.0 Å². The second-order valence-corrected chi connectivity index (χ2v) is 4.89. The van der Waals surface area contributed by atoms with Gasteiger partial charge in [-0.3, -0.25) is 4.79 Å². The predicted octanol–water partition coefficient (Wildman–Crippen LogP) is -0.153. The monoisotopic (exact) mass is 245 g/mol. The van der Waals surface area contributed by atoms with Crippen LogP contribution < -0.4 is 9.46 Å². The molecule has 0 atom stereocenters. The lowest BCUT2D eigenvalue weighted by Crippen LogP contribution is -2.30. The number of nitrogens with one attached hydrogen (secondary N) is 1. The third-order valence-corrected chi connectivity index (χ3v) is 2.22. The van der Waals surface area contributed by atoms with Gasteiger partial charge in [-0.2, -0.15) is 0 Å². The number of benzene rings is 1. The van der Waals surface area contributed by atoms with Crippen molar-refractivity contribution in [3.8, 4) is 11.5 Å². The van der Waals surface area contributed by atoms with E-state index in [0.29, 0.717) is 0 Å². The molecule has 0 aliphatic carbocycles. The van der Waals surface area contributed by atoms with Crippen molar-refractivity contribution in [2.75, 3.05) is 12.8 Å². The largest absolute Gasteiger partial charge is 0.508 e. The summed E-state index contributed by atoms with van der Waals surface area (Å²) < 4.78 is 28.2. The van der Waals surface area contributed by atoms with Crippen LogP contribution in [0, 0.1) is 0 Å². The maximum Gasteiger partial charge on any atom is 0.326 e. The van der Waals surface area contributed by atoms with E-state index in [4.69, 9.17) is 9.84 Å². The van der Waals surface area contributed by atoms with Gasteiger partial charge in [0, 0.05) is 0 Å². The lowest BCUT2D eigenvalue weighted by molar-refractivity contribution is -0.133. The number of carbonyl (C=O) groups is 1. The summed E-state index contributed by atoms with van der Waals surface area (Å²) in [5, 5.41) is 8.97. The van der Waals surface area contributed by atoms with Crippen LogP contribution >= 0.6 is 0 Å².